The van der Waals surface area contributed by atoms with Gasteiger partial charge in [0.25, 0.3) is 0 Å². The lowest BCUT2D eigenvalue weighted by molar-refractivity contribution is 0.306. The predicted octanol–water partition coefficient (Wildman–Crippen LogP) is 2.87. The molecule has 0 saturated heterocycles. The van der Waals surface area contributed by atoms with Crippen LogP contribution in [0.4, 0.5) is 0 Å². The second kappa shape index (κ2) is 3.91. The van der Waals surface area contributed by atoms with Crippen LogP contribution in [0.3, 0.4) is 0 Å². The van der Waals surface area contributed by atoms with Crippen LogP contribution < -0.4 is 0 Å². The molecule has 0 saturated carbocycles. The number of nitriles is 1. The van der Waals surface area contributed by atoms with Gasteiger partial charge in [-0.25, -0.2) is 4.98 Å². The maximum absolute atomic E-state index is 8.99. The minimum atomic E-state index is 0.426. The second-order valence-corrected chi connectivity index (χ2v) is 3.89. The summed E-state index contributed by atoms with van der Waals surface area (Å²) in [5.74, 6) is 0.790. The van der Waals surface area contributed by atoms with Crippen molar-refractivity contribution in [3.05, 3.63) is 47.8 Å². The number of hydrogen-bond acceptors (Lipinski definition) is 3. The Hall–Kier alpha value is -2.34. The van der Waals surface area contributed by atoms with Crippen molar-refractivity contribution >= 4 is 16.5 Å². The summed E-state index contributed by atoms with van der Waals surface area (Å²) in [6.45, 7) is 0.697. The van der Waals surface area contributed by atoms with E-state index < -0.39 is 0 Å². The lowest BCUT2D eigenvalue weighted by Gasteiger charge is -2.07. The molecule has 3 nitrogen and oxygen atoms in total. The van der Waals surface area contributed by atoms with Crippen molar-refractivity contribution in [3.63, 3.8) is 0 Å². The Morgan fingerprint density at radius 2 is 2.18 bits per heavy atom. The van der Waals surface area contributed by atoms with Gasteiger partial charge in [-0.3, -0.25) is 0 Å². The van der Waals surface area contributed by atoms with Gasteiger partial charge in [0.05, 0.1) is 6.61 Å². The zero-order valence-corrected chi connectivity index (χ0v) is 9.18. The van der Waals surface area contributed by atoms with E-state index in [0.29, 0.717) is 12.3 Å². The topological polar surface area (TPSA) is 45.9 Å². The molecule has 1 aromatic heterocycles. The number of nitrogens with zero attached hydrogens (tertiary/aromatic N) is 2. The zero-order chi connectivity index (χ0) is 11.7. The molecule has 0 N–H and O–H groups in total. The molecule has 2 aromatic rings. The first-order chi connectivity index (χ1) is 8.38. The number of pyridine rings is 1. The molecule has 0 atom stereocenters. The third-order valence-electron chi connectivity index (χ3n) is 2.79. The van der Waals surface area contributed by atoms with Gasteiger partial charge in [-0.2, -0.15) is 5.26 Å². The Bertz CT molecular complexity index is 653. The van der Waals surface area contributed by atoms with Gasteiger partial charge in [-0.1, -0.05) is 24.3 Å². The molecule has 0 radical (unpaired) electrons. The van der Waals surface area contributed by atoms with Gasteiger partial charge in [-0.15, -0.1) is 0 Å². The molecule has 0 bridgehead atoms. The van der Waals surface area contributed by atoms with E-state index in [9.17, 15) is 0 Å². The zero-order valence-electron chi connectivity index (χ0n) is 9.18. The molecular weight excluding hydrogens is 212 g/mol. The lowest BCUT2D eigenvalue weighted by Crippen LogP contribution is -1.95. The average Bonchev–Trinajstić information content (AvgIpc) is 2.91. The highest BCUT2D eigenvalue weighted by molar-refractivity contribution is 5.91. The predicted molar refractivity (Wildman–Crippen MR) is 65.0 cm³/mol. The van der Waals surface area contributed by atoms with E-state index >= 15 is 0 Å². The Kier molecular flexibility index (Phi) is 2.27. The number of ether oxygens (including phenoxy) is 1. The summed E-state index contributed by atoms with van der Waals surface area (Å²) < 4.78 is 5.54. The SMILES string of the molecule is N#Cc1cc2ccccc2c(C2=CCCO2)n1. The van der Waals surface area contributed by atoms with Gasteiger partial charge >= 0.3 is 0 Å². The molecule has 3 rings (SSSR count). The number of aromatic nitrogens is 1. The maximum Gasteiger partial charge on any atom is 0.141 e. The first-order valence-corrected chi connectivity index (χ1v) is 5.52. The maximum atomic E-state index is 8.99. The van der Waals surface area contributed by atoms with Gasteiger partial charge in [0, 0.05) is 11.8 Å². The first kappa shape index (κ1) is 9.86. The number of fused-ring (bicyclic) bond motifs is 1. The molecule has 82 valence electrons. The fourth-order valence-corrected chi connectivity index (χ4v) is 2.03. The summed E-state index contributed by atoms with van der Waals surface area (Å²) in [5, 5.41) is 11.0. The number of benzene rings is 1. The van der Waals surface area contributed by atoms with Crippen LogP contribution in [0.15, 0.2) is 36.4 Å². The largest absolute Gasteiger partial charge is 0.491 e. The fraction of sp³-hybridized carbons (Fsp3) is 0.143. The third kappa shape index (κ3) is 1.64. The lowest BCUT2D eigenvalue weighted by atomic mass is 10.1. The molecule has 0 spiro atoms. The van der Waals surface area contributed by atoms with E-state index in [0.717, 1.165) is 28.6 Å². The number of hydrogen-bond donors (Lipinski definition) is 0. The molecule has 3 heteroatoms. The van der Waals surface area contributed by atoms with Crippen LogP contribution in [0.25, 0.3) is 16.5 Å². The number of rotatable bonds is 1. The normalized spacial score (nSPS) is 14.2. The van der Waals surface area contributed by atoms with E-state index in [1.54, 1.807) is 6.07 Å². The quantitative estimate of drug-likeness (QED) is 0.745. The minimum Gasteiger partial charge on any atom is -0.491 e. The van der Waals surface area contributed by atoms with Crippen LogP contribution in [-0.2, 0) is 4.74 Å². The van der Waals surface area contributed by atoms with E-state index in [4.69, 9.17) is 10.00 Å². The smallest absolute Gasteiger partial charge is 0.141 e. The van der Waals surface area contributed by atoms with Crippen LogP contribution in [0.5, 0.6) is 0 Å². The third-order valence-corrected chi connectivity index (χ3v) is 2.79. The fourth-order valence-electron chi connectivity index (χ4n) is 2.03. The summed E-state index contributed by atoms with van der Waals surface area (Å²) in [6, 6.07) is 11.8. The van der Waals surface area contributed by atoms with Crippen molar-refractivity contribution < 1.29 is 4.74 Å². The van der Waals surface area contributed by atoms with Gasteiger partial charge in [0.1, 0.15) is 23.2 Å². The van der Waals surface area contributed by atoms with Gasteiger partial charge in [0.15, 0.2) is 0 Å². The van der Waals surface area contributed by atoms with Crippen molar-refractivity contribution in [2.75, 3.05) is 6.61 Å². The highest BCUT2D eigenvalue weighted by Crippen LogP contribution is 2.27. The molecule has 2 heterocycles. The molecule has 1 aromatic carbocycles. The summed E-state index contributed by atoms with van der Waals surface area (Å²) in [7, 11) is 0. The molecule has 0 fully saturated rings. The van der Waals surface area contributed by atoms with Gasteiger partial charge in [-0.05, 0) is 17.5 Å². The molecule has 1 aliphatic heterocycles. The van der Waals surface area contributed by atoms with E-state index in [1.165, 1.54) is 0 Å². The Morgan fingerprint density at radius 1 is 1.29 bits per heavy atom. The molecule has 0 unspecified atom stereocenters. The van der Waals surface area contributed by atoms with Crippen molar-refractivity contribution in [3.8, 4) is 6.07 Å². The van der Waals surface area contributed by atoms with Gasteiger partial charge < -0.3 is 4.74 Å². The van der Waals surface area contributed by atoms with Gasteiger partial charge in [0.2, 0.25) is 0 Å². The highest BCUT2D eigenvalue weighted by atomic mass is 16.5. The van der Waals surface area contributed by atoms with Crippen molar-refractivity contribution in [1.82, 2.24) is 4.98 Å². The minimum absolute atomic E-state index is 0.426. The van der Waals surface area contributed by atoms with E-state index in [-0.39, 0.29) is 0 Å². The Morgan fingerprint density at radius 3 is 2.94 bits per heavy atom. The van der Waals surface area contributed by atoms with Crippen LogP contribution in [0, 0.1) is 11.3 Å². The summed E-state index contributed by atoms with van der Waals surface area (Å²) in [4.78, 5) is 4.35. The molecule has 0 amide bonds. The Labute approximate surface area is 99.0 Å². The molecular formula is C14H10N2O. The first-order valence-electron chi connectivity index (χ1n) is 5.52. The summed E-state index contributed by atoms with van der Waals surface area (Å²) >= 11 is 0. The van der Waals surface area contributed by atoms with E-state index in [1.807, 2.05) is 30.3 Å². The highest BCUT2D eigenvalue weighted by Gasteiger charge is 2.14. The molecule has 1 aliphatic rings. The standard InChI is InChI=1S/C14H10N2O/c15-9-11-8-10-4-1-2-5-12(10)14(16-11)13-6-3-7-17-13/h1-2,4-6,8H,3,7H2. The summed E-state index contributed by atoms with van der Waals surface area (Å²) in [6.07, 6.45) is 2.93. The summed E-state index contributed by atoms with van der Waals surface area (Å²) in [5.41, 5.74) is 1.20. The molecule has 17 heavy (non-hydrogen) atoms. The van der Waals surface area contributed by atoms with E-state index in [2.05, 4.69) is 11.1 Å². The van der Waals surface area contributed by atoms with Crippen molar-refractivity contribution in [1.29, 1.82) is 5.26 Å². The second-order valence-electron chi connectivity index (χ2n) is 3.89. The van der Waals surface area contributed by atoms with Crippen LogP contribution in [0.1, 0.15) is 17.8 Å². The monoisotopic (exact) mass is 222 g/mol. The Balaban J connectivity index is 2.31. The van der Waals surface area contributed by atoms with Crippen LogP contribution in [0.2, 0.25) is 0 Å². The van der Waals surface area contributed by atoms with Crippen molar-refractivity contribution in [2.45, 2.75) is 6.42 Å². The van der Waals surface area contributed by atoms with Crippen molar-refractivity contribution in [2.24, 2.45) is 0 Å². The van der Waals surface area contributed by atoms with Crippen LogP contribution >= 0.6 is 0 Å². The molecule has 0 aliphatic carbocycles. The average molecular weight is 222 g/mol. The van der Waals surface area contributed by atoms with Crippen LogP contribution in [-0.4, -0.2) is 11.6 Å².